The third-order valence-electron chi connectivity index (χ3n) is 3.72. The van der Waals surface area contributed by atoms with E-state index in [1.54, 1.807) is 5.38 Å². The van der Waals surface area contributed by atoms with Crippen molar-refractivity contribution in [3.8, 4) is 10.8 Å². The number of piperidine rings is 1. The zero-order valence-electron chi connectivity index (χ0n) is 12.1. The number of carboxylic acids is 1. The smallest absolute Gasteiger partial charge is 0.326 e. The van der Waals surface area contributed by atoms with Crippen molar-refractivity contribution >= 4 is 23.2 Å². The second-order valence-electron chi connectivity index (χ2n) is 5.30. The van der Waals surface area contributed by atoms with E-state index >= 15 is 0 Å². The number of carboxylic acid groups (broad SMARTS) is 1. The third kappa shape index (κ3) is 2.76. The standard InChI is InChI=1S/C15H16N2O4S/c1-9-5-6-12(21-9)13-16-10(8-22-13)14(18)17-7-3-2-4-11(17)15(19)20/h5-6,8,11H,2-4,7H2,1H3,(H,19,20)/t11-/m1/s1. The number of carbonyl (C=O) groups excluding carboxylic acids is 1. The lowest BCUT2D eigenvalue weighted by atomic mass is 10.0. The molecule has 0 unspecified atom stereocenters. The van der Waals surface area contributed by atoms with Crippen LogP contribution >= 0.6 is 11.3 Å². The summed E-state index contributed by atoms with van der Waals surface area (Å²) in [6.45, 7) is 2.30. The van der Waals surface area contributed by atoms with Gasteiger partial charge in [0.05, 0.1) is 0 Å². The van der Waals surface area contributed by atoms with Crippen molar-refractivity contribution in [3.05, 3.63) is 29.0 Å². The Bertz CT molecular complexity index is 706. The zero-order valence-corrected chi connectivity index (χ0v) is 12.9. The van der Waals surface area contributed by atoms with E-state index in [0.717, 1.165) is 18.6 Å². The maximum Gasteiger partial charge on any atom is 0.326 e. The molecule has 1 fully saturated rings. The molecule has 0 aromatic carbocycles. The average Bonchev–Trinajstić information content (AvgIpc) is 3.15. The molecule has 2 aromatic rings. The number of hydrogen-bond donors (Lipinski definition) is 1. The van der Waals surface area contributed by atoms with E-state index < -0.39 is 12.0 Å². The van der Waals surface area contributed by atoms with Crippen molar-refractivity contribution in [1.82, 2.24) is 9.88 Å². The number of carbonyl (C=O) groups is 2. The van der Waals surface area contributed by atoms with Gasteiger partial charge >= 0.3 is 5.97 Å². The van der Waals surface area contributed by atoms with Crippen LogP contribution < -0.4 is 0 Å². The number of aromatic nitrogens is 1. The van der Waals surface area contributed by atoms with Crippen molar-refractivity contribution < 1.29 is 19.1 Å². The molecule has 1 aliphatic heterocycles. The summed E-state index contributed by atoms with van der Waals surface area (Å²) in [5.41, 5.74) is 0.280. The molecule has 3 rings (SSSR count). The van der Waals surface area contributed by atoms with Gasteiger partial charge in [-0.2, -0.15) is 0 Å². The number of aliphatic carboxylic acids is 1. The minimum absolute atomic E-state index is 0.280. The van der Waals surface area contributed by atoms with Crippen molar-refractivity contribution in [2.45, 2.75) is 32.2 Å². The fourth-order valence-electron chi connectivity index (χ4n) is 2.61. The molecule has 0 aliphatic carbocycles. The Morgan fingerprint density at radius 2 is 2.23 bits per heavy atom. The molecule has 0 saturated carbocycles. The van der Waals surface area contributed by atoms with Gasteiger partial charge in [0, 0.05) is 11.9 Å². The van der Waals surface area contributed by atoms with Crippen LogP contribution in [0.1, 0.15) is 35.5 Å². The summed E-state index contributed by atoms with van der Waals surface area (Å²) in [6, 6.07) is 2.89. The minimum atomic E-state index is -0.954. The van der Waals surface area contributed by atoms with Crippen LogP contribution in [0.15, 0.2) is 21.9 Å². The van der Waals surface area contributed by atoms with Gasteiger partial charge in [-0.15, -0.1) is 11.3 Å². The van der Waals surface area contributed by atoms with Gasteiger partial charge in [0.1, 0.15) is 17.5 Å². The highest BCUT2D eigenvalue weighted by Gasteiger charge is 2.33. The van der Waals surface area contributed by atoms with Crippen molar-refractivity contribution in [2.75, 3.05) is 6.54 Å². The molecule has 1 amide bonds. The van der Waals surface area contributed by atoms with E-state index in [-0.39, 0.29) is 11.6 Å². The SMILES string of the molecule is Cc1ccc(-c2nc(C(=O)N3CCCC[C@@H]3C(=O)O)cs2)o1. The summed E-state index contributed by atoms with van der Waals surface area (Å²) < 4.78 is 5.50. The van der Waals surface area contributed by atoms with E-state index in [2.05, 4.69) is 4.98 Å². The fourth-order valence-corrected chi connectivity index (χ4v) is 3.37. The van der Waals surface area contributed by atoms with E-state index in [4.69, 9.17) is 4.42 Å². The lowest BCUT2D eigenvalue weighted by molar-refractivity contribution is -0.143. The number of thiazole rings is 1. The molecule has 0 bridgehead atoms. The Balaban J connectivity index is 1.83. The molecule has 1 atom stereocenters. The van der Waals surface area contributed by atoms with E-state index in [1.165, 1.54) is 16.2 Å². The highest BCUT2D eigenvalue weighted by molar-refractivity contribution is 7.13. The Kier molecular flexibility index (Phi) is 3.98. The first kappa shape index (κ1) is 14.8. The van der Waals surface area contributed by atoms with E-state index in [0.29, 0.717) is 23.7 Å². The quantitative estimate of drug-likeness (QED) is 0.940. The summed E-state index contributed by atoms with van der Waals surface area (Å²) in [7, 11) is 0. The Morgan fingerprint density at radius 1 is 1.41 bits per heavy atom. The second kappa shape index (κ2) is 5.92. The fraction of sp³-hybridized carbons (Fsp3) is 0.400. The number of hydrogen-bond acceptors (Lipinski definition) is 5. The summed E-state index contributed by atoms with van der Waals surface area (Å²) in [6.07, 6.45) is 2.15. The molecule has 3 heterocycles. The molecule has 1 N–H and O–H groups in total. The molecule has 1 saturated heterocycles. The molecule has 0 spiro atoms. The first-order valence-electron chi connectivity index (χ1n) is 7.12. The predicted molar refractivity (Wildman–Crippen MR) is 80.9 cm³/mol. The number of rotatable bonds is 3. The van der Waals surface area contributed by atoms with Crippen LogP contribution in [0.25, 0.3) is 10.8 Å². The van der Waals surface area contributed by atoms with Crippen LogP contribution in [0.4, 0.5) is 0 Å². The highest BCUT2D eigenvalue weighted by Crippen LogP contribution is 2.27. The molecular formula is C15H16N2O4S. The van der Waals surface area contributed by atoms with Crippen LogP contribution in [0.5, 0.6) is 0 Å². The third-order valence-corrected chi connectivity index (χ3v) is 4.58. The highest BCUT2D eigenvalue weighted by atomic mass is 32.1. The predicted octanol–water partition coefficient (Wildman–Crippen LogP) is 2.79. The number of likely N-dealkylation sites (tertiary alicyclic amines) is 1. The van der Waals surface area contributed by atoms with Gasteiger partial charge in [0.15, 0.2) is 10.8 Å². The van der Waals surface area contributed by atoms with E-state index in [9.17, 15) is 14.7 Å². The molecule has 7 heteroatoms. The summed E-state index contributed by atoms with van der Waals surface area (Å²) >= 11 is 1.32. The van der Waals surface area contributed by atoms with Crippen molar-refractivity contribution in [2.24, 2.45) is 0 Å². The van der Waals surface area contributed by atoms with Gasteiger partial charge in [0.25, 0.3) is 5.91 Å². The minimum Gasteiger partial charge on any atom is -0.480 e. The summed E-state index contributed by atoms with van der Waals surface area (Å²) in [5.74, 6) is 0.123. The first-order chi connectivity index (χ1) is 10.6. The largest absolute Gasteiger partial charge is 0.480 e. The van der Waals surface area contributed by atoms with Crippen LogP contribution in [0.3, 0.4) is 0 Å². The molecule has 1 aliphatic rings. The zero-order chi connectivity index (χ0) is 15.7. The van der Waals surface area contributed by atoms with Gasteiger partial charge in [-0.1, -0.05) is 0 Å². The molecule has 22 heavy (non-hydrogen) atoms. The van der Waals surface area contributed by atoms with Gasteiger partial charge in [-0.25, -0.2) is 9.78 Å². The van der Waals surface area contributed by atoms with Crippen LogP contribution in [-0.4, -0.2) is 39.5 Å². The number of aryl methyl sites for hydroxylation is 1. The molecule has 6 nitrogen and oxygen atoms in total. The van der Waals surface area contributed by atoms with Crippen LogP contribution in [-0.2, 0) is 4.79 Å². The maximum absolute atomic E-state index is 12.5. The van der Waals surface area contributed by atoms with Gasteiger partial charge in [-0.05, 0) is 38.3 Å². The molecule has 2 aromatic heterocycles. The average molecular weight is 320 g/mol. The maximum atomic E-state index is 12.5. The summed E-state index contributed by atoms with van der Waals surface area (Å²) in [4.78, 5) is 29.6. The van der Waals surface area contributed by atoms with Crippen molar-refractivity contribution in [1.29, 1.82) is 0 Å². The molecule has 116 valence electrons. The summed E-state index contributed by atoms with van der Waals surface area (Å²) in [5, 5.41) is 11.5. The van der Waals surface area contributed by atoms with Gasteiger partial charge in [-0.3, -0.25) is 4.79 Å². The van der Waals surface area contributed by atoms with Gasteiger partial charge in [0.2, 0.25) is 0 Å². The van der Waals surface area contributed by atoms with Crippen molar-refractivity contribution in [3.63, 3.8) is 0 Å². The van der Waals surface area contributed by atoms with Crippen LogP contribution in [0, 0.1) is 6.92 Å². The Morgan fingerprint density at radius 3 is 2.91 bits per heavy atom. The number of amides is 1. The molecular weight excluding hydrogens is 304 g/mol. The lowest BCUT2D eigenvalue weighted by Crippen LogP contribution is -2.48. The second-order valence-corrected chi connectivity index (χ2v) is 6.15. The number of furan rings is 1. The first-order valence-corrected chi connectivity index (χ1v) is 8.00. The number of nitrogens with zero attached hydrogens (tertiary/aromatic N) is 2. The Labute approximate surface area is 131 Å². The Hall–Kier alpha value is -2.15. The normalized spacial score (nSPS) is 18.4. The molecule has 0 radical (unpaired) electrons. The topological polar surface area (TPSA) is 83.6 Å². The van der Waals surface area contributed by atoms with Gasteiger partial charge < -0.3 is 14.4 Å². The van der Waals surface area contributed by atoms with E-state index in [1.807, 2.05) is 19.1 Å². The lowest BCUT2D eigenvalue weighted by Gasteiger charge is -2.32. The van der Waals surface area contributed by atoms with Crippen LogP contribution in [0.2, 0.25) is 0 Å². The monoisotopic (exact) mass is 320 g/mol.